The van der Waals surface area contributed by atoms with E-state index in [4.69, 9.17) is 5.73 Å². The minimum atomic E-state index is -1.47. The van der Waals surface area contributed by atoms with Crippen LogP contribution in [-0.4, -0.2) is 21.7 Å². The zero-order valence-corrected chi connectivity index (χ0v) is 15.3. The van der Waals surface area contributed by atoms with Crippen LogP contribution in [-0.2, 0) is 0 Å². The van der Waals surface area contributed by atoms with Crippen LogP contribution in [0.2, 0.25) is 0 Å². The maximum Gasteiger partial charge on any atom is 0.341 e. The van der Waals surface area contributed by atoms with E-state index in [9.17, 15) is 19.1 Å². The van der Waals surface area contributed by atoms with Crippen molar-refractivity contribution in [2.75, 3.05) is 11.1 Å². The average Bonchev–Trinajstić information content (AvgIpc) is 2.63. The van der Waals surface area contributed by atoms with Crippen LogP contribution in [0.5, 0.6) is 0 Å². The quantitative estimate of drug-likeness (QED) is 0.701. The molecule has 1 aromatic carbocycles. The lowest BCUT2D eigenvalue weighted by molar-refractivity contribution is 0.0694. The normalized spacial score (nSPS) is 15.4. The minimum absolute atomic E-state index is 0.0721. The van der Waals surface area contributed by atoms with E-state index in [2.05, 4.69) is 5.32 Å². The van der Waals surface area contributed by atoms with E-state index in [-0.39, 0.29) is 23.3 Å². The van der Waals surface area contributed by atoms with E-state index in [0.717, 1.165) is 38.3 Å². The van der Waals surface area contributed by atoms with Gasteiger partial charge in [-0.05, 0) is 26.7 Å². The van der Waals surface area contributed by atoms with Gasteiger partial charge in [0.05, 0.1) is 16.6 Å². The molecule has 8 heteroatoms. The molecule has 1 aromatic heterocycles. The largest absolute Gasteiger partial charge is 0.477 e. The Bertz CT molecular complexity index is 963. The van der Waals surface area contributed by atoms with Gasteiger partial charge in [0.2, 0.25) is 5.43 Å². The molecule has 0 amide bonds. The van der Waals surface area contributed by atoms with Crippen molar-refractivity contribution in [3.63, 3.8) is 0 Å². The first kappa shape index (κ1) is 19.1. The second kappa shape index (κ2) is 7.17. The zero-order chi connectivity index (χ0) is 19.9. The molecule has 4 N–H and O–H groups in total. The summed E-state index contributed by atoms with van der Waals surface area (Å²) >= 11 is 0. The van der Waals surface area contributed by atoms with Crippen LogP contribution < -0.4 is 16.5 Å². The molecule has 146 valence electrons. The number of fused-ring (bicyclic) bond motifs is 1. The van der Waals surface area contributed by atoms with Crippen LogP contribution in [0.15, 0.2) is 11.0 Å². The SMILES string of the molecule is CC(C)n1cc(C(=O)O)c(=O)c2c(N)c(F)c(NC3CCCCC3)c(F)c21. The number of nitrogens with two attached hydrogens (primary N) is 1. The van der Waals surface area contributed by atoms with Crippen molar-refractivity contribution in [3.05, 3.63) is 33.6 Å². The van der Waals surface area contributed by atoms with Crippen LogP contribution in [0.3, 0.4) is 0 Å². The summed E-state index contributed by atoms with van der Waals surface area (Å²) in [7, 11) is 0. The first-order valence-electron chi connectivity index (χ1n) is 9.09. The van der Waals surface area contributed by atoms with Crippen molar-refractivity contribution in [3.8, 4) is 0 Å². The number of anilines is 2. The molecule has 1 heterocycles. The Morgan fingerprint density at radius 1 is 1.26 bits per heavy atom. The van der Waals surface area contributed by atoms with Crippen molar-refractivity contribution in [1.29, 1.82) is 0 Å². The van der Waals surface area contributed by atoms with Crippen molar-refractivity contribution in [2.45, 2.75) is 58.0 Å². The third-order valence-electron chi connectivity index (χ3n) is 5.13. The standard InChI is InChI=1S/C19H23F2N3O3/c1-9(2)24-8-11(19(26)27)18(25)12-15(22)13(20)16(14(21)17(12)24)23-10-6-4-3-5-7-10/h8-10,23H,3-7,22H2,1-2H3,(H,26,27). The van der Waals surface area contributed by atoms with Gasteiger partial charge in [0, 0.05) is 18.3 Å². The Labute approximate surface area is 155 Å². The number of aromatic carboxylic acids is 1. The minimum Gasteiger partial charge on any atom is -0.477 e. The highest BCUT2D eigenvalue weighted by atomic mass is 19.1. The van der Waals surface area contributed by atoms with Crippen LogP contribution in [0.4, 0.5) is 20.2 Å². The molecule has 0 radical (unpaired) electrons. The molecule has 0 aliphatic heterocycles. The number of benzene rings is 1. The second-order valence-corrected chi connectivity index (χ2v) is 7.30. The maximum atomic E-state index is 15.3. The highest BCUT2D eigenvalue weighted by molar-refractivity contribution is 5.99. The van der Waals surface area contributed by atoms with Gasteiger partial charge < -0.3 is 20.7 Å². The van der Waals surface area contributed by atoms with Gasteiger partial charge in [-0.1, -0.05) is 19.3 Å². The molecule has 1 saturated carbocycles. The summed E-state index contributed by atoms with van der Waals surface area (Å²) < 4.78 is 31.5. The number of nitrogens with zero attached hydrogens (tertiary/aromatic N) is 1. The lowest BCUT2D eigenvalue weighted by atomic mass is 9.95. The predicted octanol–water partition coefficient (Wildman–Crippen LogP) is 3.89. The van der Waals surface area contributed by atoms with Gasteiger partial charge in [0.15, 0.2) is 11.6 Å². The number of carbonyl (C=O) groups is 1. The third-order valence-corrected chi connectivity index (χ3v) is 5.13. The van der Waals surface area contributed by atoms with Gasteiger partial charge >= 0.3 is 5.97 Å². The molecule has 0 saturated heterocycles. The summed E-state index contributed by atoms with van der Waals surface area (Å²) in [6, 6.07) is -0.440. The van der Waals surface area contributed by atoms with Crippen molar-refractivity contribution in [2.24, 2.45) is 0 Å². The molecule has 2 aromatic rings. The van der Waals surface area contributed by atoms with Crippen LogP contribution in [0.25, 0.3) is 10.9 Å². The lowest BCUT2D eigenvalue weighted by Crippen LogP contribution is -2.26. The van der Waals surface area contributed by atoms with E-state index in [0.29, 0.717) is 0 Å². The fourth-order valence-corrected chi connectivity index (χ4v) is 3.70. The molecule has 1 fully saturated rings. The van der Waals surface area contributed by atoms with Gasteiger partial charge in [-0.3, -0.25) is 4.79 Å². The highest BCUT2D eigenvalue weighted by Crippen LogP contribution is 2.35. The van der Waals surface area contributed by atoms with Crippen LogP contribution >= 0.6 is 0 Å². The molecule has 0 atom stereocenters. The number of halogens is 2. The Morgan fingerprint density at radius 2 is 1.89 bits per heavy atom. The molecule has 27 heavy (non-hydrogen) atoms. The topological polar surface area (TPSA) is 97.4 Å². The number of nitrogens with one attached hydrogen (secondary N) is 1. The molecule has 1 aliphatic rings. The van der Waals surface area contributed by atoms with Gasteiger partial charge in [-0.15, -0.1) is 0 Å². The van der Waals surface area contributed by atoms with Crippen LogP contribution in [0, 0.1) is 11.6 Å². The molecule has 3 rings (SSSR count). The fraction of sp³-hybridized carbons (Fsp3) is 0.474. The number of rotatable bonds is 4. The summed E-state index contributed by atoms with van der Waals surface area (Å²) in [5.41, 5.74) is 3.20. The first-order chi connectivity index (χ1) is 12.7. The fourth-order valence-electron chi connectivity index (χ4n) is 3.70. The third kappa shape index (κ3) is 3.24. The van der Waals surface area contributed by atoms with E-state index in [1.807, 2.05) is 0 Å². The van der Waals surface area contributed by atoms with Gasteiger partial charge in [0.25, 0.3) is 0 Å². The average molecular weight is 379 g/mol. The van der Waals surface area contributed by atoms with Gasteiger partial charge in [-0.25, -0.2) is 13.6 Å². The molecular formula is C19H23F2N3O3. The van der Waals surface area contributed by atoms with Crippen molar-refractivity contribution >= 4 is 28.2 Å². The Morgan fingerprint density at radius 3 is 2.44 bits per heavy atom. The number of hydrogen-bond donors (Lipinski definition) is 3. The van der Waals surface area contributed by atoms with E-state index in [1.54, 1.807) is 13.8 Å². The number of aromatic nitrogens is 1. The Hall–Kier alpha value is -2.64. The predicted molar refractivity (Wildman–Crippen MR) is 100 cm³/mol. The number of carboxylic acids is 1. The molecule has 0 spiro atoms. The lowest BCUT2D eigenvalue weighted by Gasteiger charge is -2.26. The van der Waals surface area contributed by atoms with Crippen molar-refractivity contribution in [1.82, 2.24) is 4.57 Å². The summed E-state index contributed by atoms with van der Waals surface area (Å²) in [6.45, 7) is 3.42. The molecular weight excluding hydrogens is 356 g/mol. The number of carboxylic acid groups (broad SMARTS) is 1. The second-order valence-electron chi connectivity index (χ2n) is 7.30. The maximum absolute atomic E-state index is 15.3. The van der Waals surface area contributed by atoms with Gasteiger partial charge in [0.1, 0.15) is 11.3 Å². The van der Waals surface area contributed by atoms with E-state index in [1.165, 1.54) is 4.57 Å². The molecule has 1 aliphatic carbocycles. The number of hydrogen-bond acceptors (Lipinski definition) is 4. The zero-order valence-electron chi connectivity index (χ0n) is 15.3. The number of pyridine rings is 1. The van der Waals surface area contributed by atoms with Crippen LogP contribution in [0.1, 0.15) is 62.4 Å². The van der Waals surface area contributed by atoms with E-state index >= 15 is 4.39 Å². The molecule has 0 unspecified atom stereocenters. The summed E-state index contributed by atoms with van der Waals surface area (Å²) in [5, 5.41) is 11.8. The monoisotopic (exact) mass is 379 g/mol. The summed E-state index contributed by atoms with van der Waals surface area (Å²) in [5.74, 6) is -3.45. The Kier molecular flexibility index (Phi) is 5.08. The number of nitrogen functional groups attached to an aromatic ring is 1. The first-order valence-corrected chi connectivity index (χ1v) is 9.09. The summed E-state index contributed by atoms with van der Waals surface area (Å²) in [6.07, 6.45) is 5.72. The van der Waals surface area contributed by atoms with Gasteiger partial charge in [-0.2, -0.15) is 0 Å². The smallest absolute Gasteiger partial charge is 0.341 e. The Balaban J connectivity index is 2.32. The van der Waals surface area contributed by atoms with E-state index < -0.39 is 39.7 Å². The molecule has 6 nitrogen and oxygen atoms in total. The molecule has 0 bridgehead atoms. The highest BCUT2D eigenvalue weighted by Gasteiger charge is 2.27. The summed E-state index contributed by atoms with van der Waals surface area (Å²) in [4.78, 5) is 23.9. The van der Waals surface area contributed by atoms with Crippen molar-refractivity contribution < 1.29 is 18.7 Å².